The summed E-state index contributed by atoms with van der Waals surface area (Å²) in [6.45, 7) is 3.21. The van der Waals surface area contributed by atoms with Crippen LogP contribution < -0.4 is 20.7 Å². The van der Waals surface area contributed by atoms with Crippen molar-refractivity contribution in [2.24, 2.45) is 4.99 Å². The Hall–Kier alpha value is -1.51. The second kappa shape index (κ2) is 12.8. The molecule has 0 radical (unpaired) electrons. The number of ether oxygens (including phenoxy) is 1. The number of halogens is 1. The summed E-state index contributed by atoms with van der Waals surface area (Å²) in [4.78, 5) is 16.3. The van der Waals surface area contributed by atoms with E-state index in [1.165, 1.54) is 19.3 Å². The van der Waals surface area contributed by atoms with Crippen molar-refractivity contribution in [2.45, 2.75) is 58.0 Å². The van der Waals surface area contributed by atoms with Crippen LogP contribution in [0.25, 0.3) is 0 Å². The van der Waals surface area contributed by atoms with Crippen molar-refractivity contribution in [3.05, 3.63) is 29.3 Å². The van der Waals surface area contributed by atoms with Gasteiger partial charge < -0.3 is 20.7 Å². The van der Waals surface area contributed by atoms with Gasteiger partial charge >= 0.3 is 0 Å². The first-order chi connectivity index (χ1) is 12.6. The molecule has 1 aliphatic carbocycles. The third kappa shape index (κ3) is 8.36. The van der Waals surface area contributed by atoms with Gasteiger partial charge in [-0.05, 0) is 31.4 Å². The zero-order valence-corrected chi connectivity index (χ0v) is 19.0. The number of hydrogen-bond acceptors (Lipinski definition) is 3. The van der Waals surface area contributed by atoms with Gasteiger partial charge in [-0.3, -0.25) is 9.79 Å². The predicted molar refractivity (Wildman–Crippen MR) is 121 cm³/mol. The molecule has 6 nitrogen and oxygen atoms in total. The highest BCUT2D eigenvalue weighted by Crippen LogP contribution is 2.19. The summed E-state index contributed by atoms with van der Waals surface area (Å²) in [5, 5.41) is 9.59. The van der Waals surface area contributed by atoms with E-state index in [-0.39, 0.29) is 29.9 Å². The standard InChI is InChI=1S/C20H32N4O2.HI/c1-15-9-10-16(18(13-15)26-3)14-23-20(21-2)22-12-11-19(25)24-17-7-5-4-6-8-17;/h9-10,13,17H,4-8,11-12,14H2,1-3H3,(H,24,25)(H2,21,22,23);1H. The van der Waals surface area contributed by atoms with Gasteiger partial charge in [0.1, 0.15) is 5.75 Å². The van der Waals surface area contributed by atoms with Gasteiger partial charge in [0.25, 0.3) is 0 Å². The highest BCUT2D eigenvalue weighted by molar-refractivity contribution is 14.0. The van der Waals surface area contributed by atoms with Gasteiger partial charge in [-0.25, -0.2) is 0 Å². The molecule has 1 fully saturated rings. The third-order valence-electron chi connectivity index (χ3n) is 4.73. The molecule has 1 aliphatic rings. The zero-order valence-electron chi connectivity index (χ0n) is 16.6. The first kappa shape index (κ1) is 23.5. The lowest BCUT2D eigenvalue weighted by atomic mass is 9.95. The maximum atomic E-state index is 12.0. The lowest BCUT2D eigenvalue weighted by molar-refractivity contribution is -0.121. The number of nitrogens with one attached hydrogen (secondary N) is 3. The summed E-state index contributed by atoms with van der Waals surface area (Å²) in [7, 11) is 3.40. The maximum Gasteiger partial charge on any atom is 0.221 e. The molecule has 2 rings (SSSR count). The molecule has 0 spiro atoms. The largest absolute Gasteiger partial charge is 0.496 e. The van der Waals surface area contributed by atoms with Crippen LogP contribution in [-0.4, -0.2) is 38.6 Å². The van der Waals surface area contributed by atoms with E-state index < -0.39 is 0 Å². The van der Waals surface area contributed by atoms with Crippen LogP contribution in [0.5, 0.6) is 5.75 Å². The zero-order chi connectivity index (χ0) is 18.8. The Morgan fingerprint density at radius 1 is 1.22 bits per heavy atom. The fourth-order valence-corrected chi connectivity index (χ4v) is 3.24. The van der Waals surface area contributed by atoms with Gasteiger partial charge in [-0.2, -0.15) is 0 Å². The van der Waals surface area contributed by atoms with Gasteiger partial charge in [0.05, 0.1) is 7.11 Å². The predicted octanol–water partition coefficient (Wildman–Crippen LogP) is 3.13. The van der Waals surface area contributed by atoms with Crippen LogP contribution in [0.15, 0.2) is 23.2 Å². The lowest BCUT2D eigenvalue weighted by Crippen LogP contribution is -2.41. The number of amides is 1. The van der Waals surface area contributed by atoms with Crippen molar-refractivity contribution in [1.82, 2.24) is 16.0 Å². The summed E-state index contributed by atoms with van der Waals surface area (Å²) in [6, 6.07) is 6.49. The van der Waals surface area contributed by atoms with Crippen molar-refractivity contribution in [2.75, 3.05) is 20.7 Å². The Morgan fingerprint density at radius 2 is 1.96 bits per heavy atom. The number of carbonyl (C=O) groups excluding carboxylic acids is 1. The Labute approximate surface area is 179 Å². The minimum atomic E-state index is 0. The highest BCUT2D eigenvalue weighted by atomic mass is 127. The molecule has 0 atom stereocenters. The minimum Gasteiger partial charge on any atom is -0.496 e. The molecule has 152 valence electrons. The van der Waals surface area contributed by atoms with E-state index in [0.717, 1.165) is 29.7 Å². The van der Waals surface area contributed by atoms with Gasteiger partial charge in [0, 0.05) is 38.2 Å². The van der Waals surface area contributed by atoms with Crippen LogP contribution in [-0.2, 0) is 11.3 Å². The Kier molecular flexibility index (Phi) is 11.2. The molecular formula is C20H33IN4O2. The number of methoxy groups -OCH3 is 1. The topological polar surface area (TPSA) is 74.8 Å². The summed E-state index contributed by atoms with van der Waals surface area (Å²) in [5.41, 5.74) is 2.23. The average molecular weight is 488 g/mol. The van der Waals surface area contributed by atoms with Gasteiger partial charge in [0.2, 0.25) is 5.91 Å². The molecule has 0 aromatic heterocycles. The molecule has 1 aromatic carbocycles. The van der Waals surface area contributed by atoms with Crippen molar-refractivity contribution in [1.29, 1.82) is 0 Å². The normalized spacial score (nSPS) is 14.9. The average Bonchev–Trinajstić information content (AvgIpc) is 2.66. The van der Waals surface area contributed by atoms with Crippen LogP contribution in [0.2, 0.25) is 0 Å². The number of benzene rings is 1. The van der Waals surface area contributed by atoms with E-state index in [4.69, 9.17) is 4.74 Å². The molecule has 0 aliphatic heterocycles. The van der Waals surface area contributed by atoms with Crippen LogP contribution in [0.4, 0.5) is 0 Å². The first-order valence-electron chi connectivity index (χ1n) is 9.49. The van der Waals surface area contributed by atoms with Crippen LogP contribution in [0.3, 0.4) is 0 Å². The molecular weight excluding hydrogens is 455 g/mol. The third-order valence-corrected chi connectivity index (χ3v) is 4.73. The maximum absolute atomic E-state index is 12.0. The van der Waals surface area contributed by atoms with E-state index in [1.807, 2.05) is 19.1 Å². The van der Waals surface area contributed by atoms with Crippen LogP contribution >= 0.6 is 24.0 Å². The van der Waals surface area contributed by atoms with Crippen molar-refractivity contribution >= 4 is 35.8 Å². The molecule has 1 aromatic rings. The fourth-order valence-electron chi connectivity index (χ4n) is 3.24. The van der Waals surface area contributed by atoms with Crippen molar-refractivity contribution in [3.63, 3.8) is 0 Å². The van der Waals surface area contributed by atoms with Gasteiger partial charge in [-0.1, -0.05) is 31.4 Å². The van der Waals surface area contributed by atoms with Gasteiger partial charge in [0.15, 0.2) is 5.96 Å². The minimum absolute atomic E-state index is 0. The molecule has 0 bridgehead atoms. The van der Waals surface area contributed by atoms with E-state index in [0.29, 0.717) is 31.5 Å². The van der Waals surface area contributed by atoms with E-state index >= 15 is 0 Å². The van der Waals surface area contributed by atoms with E-state index in [1.54, 1.807) is 14.2 Å². The SMILES string of the molecule is CN=C(NCCC(=O)NC1CCCCC1)NCc1ccc(C)cc1OC.I. The molecule has 1 saturated carbocycles. The second-order valence-electron chi connectivity index (χ2n) is 6.82. The lowest BCUT2D eigenvalue weighted by Gasteiger charge is -2.22. The molecule has 3 N–H and O–H groups in total. The number of rotatable bonds is 7. The first-order valence-corrected chi connectivity index (χ1v) is 9.49. The Balaban J connectivity index is 0.00000364. The number of hydrogen-bond donors (Lipinski definition) is 3. The molecule has 27 heavy (non-hydrogen) atoms. The number of guanidine groups is 1. The molecule has 1 amide bonds. The molecule has 0 heterocycles. The van der Waals surface area contributed by atoms with Crippen LogP contribution in [0, 0.1) is 6.92 Å². The number of carbonyl (C=O) groups is 1. The Morgan fingerprint density at radius 3 is 2.63 bits per heavy atom. The Bertz CT molecular complexity index is 616. The van der Waals surface area contributed by atoms with Crippen molar-refractivity contribution < 1.29 is 9.53 Å². The van der Waals surface area contributed by atoms with E-state index in [9.17, 15) is 4.79 Å². The smallest absolute Gasteiger partial charge is 0.221 e. The van der Waals surface area contributed by atoms with Crippen LogP contribution in [0.1, 0.15) is 49.7 Å². The summed E-state index contributed by atoms with van der Waals surface area (Å²) in [6.07, 6.45) is 6.42. The molecule has 0 saturated heterocycles. The monoisotopic (exact) mass is 488 g/mol. The number of aryl methyl sites for hydroxylation is 1. The second-order valence-corrected chi connectivity index (χ2v) is 6.82. The van der Waals surface area contributed by atoms with E-state index in [2.05, 4.69) is 27.0 Å². The summed E-state index contributed by atoms with van der Waals surface area (Å²) >= 11 is 0. The van der Waals surface area contributed by atoms with Gasteiger partial charge in [-0.15, -0.1) is 24.0 Å². The number of nitrogens with zero attached hydrogens (tertiary/aromatic N) is 1. The summed E-state index contributed by atoms with van der Waals surface area (Å²) < 4.78 is 5.42. The van der Waals surface area contributed by atoms with Crippen molar-refractivity contribution in [3.8, 4) is 5.75 Å². The quantitative estimate of drug-likeness (QED) is 0.313. The molecule has 7 heteroatoms. The fraction of sp³-hybridized carbons (Fsp3) is 0.600. The number of aliphatic imine (C=N–C) groups is 1. The summed E-state index contributed by atoms with van der Waals surface area (Å²) in [5.74, 6) is 1.65. The molecule has 0 unspecified atom stereocenters. The highest BCUT2D eigenvalue weighted by Gasteiger charge is 2.15.